The van der Waals surface area contributed by atoms with E-state index in [1.807, 2.05) is 36.4 Å². The molecule has 8 heteroatoms. The van der Waals surface area contributed by atoms with Gasteiger partial charge in [-0.2, -0.15) is 13.2 Å². The molecule has 0 aliphatic heterocycles. The van der Waals surface area contributed by atoms with E-state index in [4.69, 9.17) is 5.11 Å². The van der Waals surface area contributed by atoms with Gasteiger partial charge in [-0.1, -0.05) is 80.1 Å². The van der Waals surface area contributed by atoms with Crippen molar-refractivity contribution in [3.63, 3.8) is 0 Å². The number of carbonyl (C=O) groups is 1. The molecule has 2 atom stereocenters. The highest BCUT2D eigenvalue weighted by atomic mass is 19.4. The molecule has 4 aromatic rings. The lowest BCUT2D eigenvalue weighted by atomic mass is 9.95. The number of nitrogens with zero attached hydrogens (tertiary/aromatic N) is 1. The van der Waals surface area contributed by atoms with Crippen molar-refractivity contribution >= 4 is 11.7 Å². The maximum atomic E-state index is 12.9. The molecule has 0 spiro atoms. The highest BCUT2D eigenvalue weighted by Gasteiger charge is 2.30. The number of benzene rings is 3. The number of rotatable bonds is 12. The molecule has 5 nitrogen and oxygen atoms in total. The predicted octanol–water partition coefficient (Wildman–Crippen LogP) is 7.87. The molecule has 40 heavy (non-hydrogen) atoms. The molecule has 0 radical (unpaired) electrons. The average molecular weight is 548 g/mol. The molecule has 0 saturated heterocycles. The minimum Gasteiger partial charge on any atom is -0.481 e. The molecule has 1 heterocycles. The normalized spacial score (nSPS) is 13.0. The van der Waals surface area contributed by atoms with Gasteiger partial charge in [0.25, 0.3) is 0 Å². The van der Waals surface area contributed by atoms with Gasteiger partial charge in [0, 0.05) is 12.1 Å². The van der Waals surface area contributed by atoms with Crippen LogP contribution in [0.3, 0.4) is 0 Å². The van der Waals surface area contributed by atoms with Crippen molar-refractivity contribution in [2.45, 2.75) is 44.4 Å². The van der Waals surface area contributed by atoms with Gasteiger partial charge in [0.2, 0.25) is 0 Å². The summed E-state index contributed by atoms with van der Waals surface area (Å²) >= 11 is 0. The Morgan fingerprint density at radius 2 is 1.52 bits per heavy atom. The first-order chi connectivity index (χ1) is 19.2. The van der Waals surface area contributed by atoms with Crippen molar-refractivity contribution in [3.05, 3.63) is 119 Å². The van der Waals surface area contributed by atoms with Crippen LogP contribution in [0, 0.1) is 0 Å². The SMILES string of the molecule is CCCC(Nc1ccc(-c2ccc(C(F)(F)F)cc2)nc1)c1ccc(C(NCCC(=O)O)c2ccccc2)cc1. The predicted molar refractivity (Wildman–Crippen MR) is 151 cm³/mol. The summed E-state index contributed by atoms with van der Waals surface area (Å²) in [7, 11) is 0. The Hall–Kier alpha value is -4.17. The molecule has 4 rings (SSSR count). The van der Waals surface area contributed by atoms with Gasteiger partial charge in [-0.3, -0.25) is 9.78 Å². The molecule has 0 saturated carbocycles. The number of alkyl halides is 3. The lowest BCUT2D eigenvalue weighted by Gasteiger charge is -2.23. The van der Waals surface area contributed by atoms with Crippen molar-refractivity contribution < 1.29 is 23.1 Å². The van der Waals surface area contributed by atoms with Gasteiger partial charge in [-0.15, -0.1) is 0 Å². The monoisotopic (exact) mass is 547 g/mol. The standard InChI is InChI=1S/C32H32F3N3O2/c1-2-6-29(38-27-17-18-28(37-21-27)22-13-15-26(16-14-22)32(33,34)35)23-9-11-25(12-10-23)31(36-20-19-30(39)40)24-7-4-3-5-8-24/h3-5,7-18,21,29,31,36,38H,2,6,19-20H2,1H3,(H,39,40). The zero-order valence-electron chi connectivity index (χ0n) is 22.2. The Kier molecular flexibility index (Phi) is 9.56. The van der Waals surface area contributed by atoms with E-state index < -0.39 is 17.7 Å². The quantitative estimate of drug-likeness (QED) is 0.168. The Morgan fingerprint density at radius 1 is 0.875 bits per heavy atom. The van der Waals surface area contributed by atoms with E-state index in [1.165, 1.54) is 12.1 Å². The van der Waals surface area contributed by atoms with E-state index in [0.29, 0.717) is 17.8 Å². The molecule has 0 bridgehead atoms. The first-order valence-corrected chi connectivity index (χ1v) is 13.2. The molecular weight excluding hydrogens is 515 g/mol. The molecule has 0 amide bonds. The van der Waals surface area contributed by atoms with Gasteiger partial charge in [0.15, 0.2) is 0 Å². The Labute approximate surface area is 232 Å². The second kappa shape index (κ2) is 13.3. The number of halogens is 3. The van der Waals surface area contributed by atoms with E-state index in [2.05, 4.69) is 46.8 Å². The van der Waals surface area contributed by atoms with Crippen LogP contribution in [-0.4, -0.2) is 22.6 Å². The van der Waals surface area contributed by atoms with Crippen molar-refractivity contribution in [2.75, 3.05) is 11.9 Å². The summed E-state index contributed by atoms with van der Waals surface area (Å²) in [6.45, 7) is 2.47. The Balaban J connectivity index is 1.48. The summed E-state index contributed by atoms with van der Waals surface area (Å²) in [5.74, 6) is -0.843. The van der Waals surface area contributed by atoms with Crippen molar-refractivity contribution in [2.24, 2.45) is 0 Å². The van der Waals surface area contributed by atoms with Crippen LogP contribution in [0.4, 0.5) is 18.9 Å². The Bertz CT molecular complexity index is 1360. The second-order valence-corrected chi connectivity index (χ2v) is 9.60. The van der Waals surface area contributed by atoms with Crippen LogP contribution < -0.4 is 10.6 Å². The van der Waals surface area contributed by atoms with Crippen LogP contribution in [0.15, 0.2) is 97.2 Å². The third-order valence-corrected chi connectivity index (χ3v) is 6.68. The fourth-order valence-electron chi connectivity index (χ4n) is 4.61. The highest BCUT2D eigenvalue weighted by Crippen LogP contribution is 2.31. The molecular formula is C32H32F3N3O2. The summed E-state index contributed by atoms with van der Waals surface area (Å²) in [6, 6.07) is 26.8. The van der Waals surface area contributed by atoms with Crippen LogP contribution in [0.5, 0.6) is 0 Å². The third kappa shape index (κ3) is 7.70. The van der Waals surface area contributed by atoms with Gasteiger partial charge >= 0.3 is 12.1 Å². The van der Waals surface area contributed by atoms with E-state index in [0.717, 1.165) is 47.4 Å². The number of nitrogens with one attached hydrogen (secondary N) is 2. The summed E-state index contributed by atoms with van der Waals surface area (Å²) in [5, 5.41) is 16.0. The highest BCUT2D eigenvalue weighted by molar-refractivity contribution is 5.67. The largest absolute Gasteiger partial charge is 0.481 e. The molecule has 1 aromatic heterocycles. The first-order valence-electron chi connectivity index (χ1n) is 13.2. The summed E-state index contributed by atoms with van der Waals surface area (Å²) in [6.07, 6.45) is -0.790. The minimum atomic E-state index is -4.37. The fourth-order valence-corrected chi connectivity index (χ4v) is 4.61. The number of hydrogen-bond donors (Lipinski definition) is 3. The zero-order chi connectivity index (χ0) is 28.5. The first kappa shape index (κ1) is 28.8. The lowest BCUT2D eigenvalue weighted by Crippen LogP contribution is -2.25. The lowest BCUT2D eigenvalue weighted by molar-refractivity contribution is -0.138. The maximum Gasteiger partial charge on any atom is 0.416 e. The number of hydrogen-bond acceptors (Lipinski definition) is 4. The van der Waals surface area contributed by atoms with Crippen molar-refractivity contribution in [1.29, 1.82) is 0 Å². The van der Waals surface area contributed by atoms with Gasteiger partial charge in [0.05, 0.1) is 41.6 Å². The fraction of sp³-hybridized carbons (Fsp3) is 0.250. The van der Waals surface area contributed by atoms with Crippen molar-refractivity contribution in [1.82, 2.24) is 10.3 Å². The molecule has 3 aromatic carbocycles. The van der Waals surface area contributed by atoms with Gasteiger partial charge in [-0.05, 0) is 47.4 Å². The van der Waals surface area contributed by atoms with Gasteiger partial charge in [0.1, 0.15) is 0 Å². The summed E-state index contributed by atoms with van der Waals surface area (Å²) in [5.41, 5.74) is 4.55. The summed E-state index contributed by atoms with van der Waals surface area (Å²) in [4.78, 5) is 15.5. The van der Waals surface area contributed by atoms with E-state index in [9.17, 15) is 18.0 Å². The van der Waals surface area contributed by atoms with Crippen molar-refractivity contribution in [3.8, 4) is 11.3 Å². The zero-order valence-corrected chi connectivity index (χ0v) is 22.2. The average Bonchev–Trinajstić information content (AvgIpc) is 2.96. The molecule has 0 fully saturated rings. The molecule has 208 valence electrons. The van der Waals surface area contributed by atoms with Crippen LogP contribution in [-0.2, 0) is 11.0 Å². The van der Waals surface area contributed by atoms with E-state index >= 15 is 0 Å². The number of carboxylic acid groups (broad SMARTS) is 1. The molecule has 3 N–H and O–H groups in total. The Morgan fingerprint density at radius 3 is 2.10 bits per heavy atom. The summed E-state index contributed by atoms with van der Waals surface area (Å²) < 4.78 is 38.6. The van der Waals surface area contributed by atoms with E-state index in [-0.39, 0.29) is 18.5 Å². The van der Waals surface area contributed by atoms with Crippen LogP contribution in [0.2, 0.25) is 0 Å². The third-order valence-electron chi connectivity index (χ3n) is 6.68. The maximum absolute atomic E-state index is 12.9. The van der Waals surface area contributed by atoms with Crippen LogP contribution in [0.1, 0.15) is 60.5 Å². The molecule has 2 unspecified atom stereocenters. The number of pyridine rings is 1. The number of carboxylic acids is 1. The number of aromatic nitrogens is 1. The van der Waals surface area contributed by atoms with Gasteiger partial charge < -0.3 is 15.7 Å². The smallest absolute Gasteiger partial charge is 0.416 e. The van der Waals surface area contributed by atoms with Gasteiger partial charge in [-0.25, -0.2) is 0 Å². The molecule has 0 aliphatic carbocycles. The van der Waals surface area contributed by atoms with Crippen LogP contribution >= 0.6 is 0 Å². The van der Waals surface area contributed by atoms with Crippen LogP contribution in [0.25, 0.3) is 11.3 Å². The molecule has 0 aliphatic rings. The minimum absolute atomic E-state index is 0.0351. The number of anilines is 1. The van der Waals surface area contributed by atoms with E-state index in [1.54, 1.807) is 12.3 Å². The second-order valence-electron chi connectivity index (χ2n) is 9.60. The topological polar surface area (TPSA) is 74.2 Å². The number of aliphatic carboxylic acids is 1.